The van der Waals surface area contributed by atoms with Gasteiger partial charge in [0.1, 0.15) is 6.54 Å². The highest BCUT2D eigenvalue weighted by Crippen LogP contribution is 2.13. The quantitative estimate of drug-likeness (QED) is 0.821. The molecule has 1 amide bonds. The molecule has 0 aromatic heterocycles. The van der Waals surface area contributed by atoms with Crippen molar-refractivity contribution >= 4 is 17.6 Å². The van der Waals surface area contributed by atoms with Crippen LogP contribution in [0.25, 0.3) is 0 Å². The average Bonchev–Trinajstić information content (AvgIpc) is 2.74. The van der Waals surface area contributed by atoms with Crippen molar-refractivity contribution in [2.75, 3.05) is 44.2 Å². The van der Waals surface area contributed by atoms with E-state index in [0.717, 1.165) is 32.6 Å². The summed E-state index contributed by atoms with van der Waals surface area (Å²) in [5.41, 5.74) is 0.623. The molecule has 1 aliphatic heterocycles. The lowest BCUT2D eigenvalue weighted by atomic mass is 10.2. The Hall–Kier alpha value is -1.92. The van der Waals surface area contributed by atoms with Crippen molar-refractivity contribution in [2.45, 2.75) is 6.42 Å². The molecule has 0 saturated carbocycles. The zero-order chi connectivity index (χ0) is 15.1. The highest BCUT2D eigenvalue weighted by atomic mass is 16.4. The van der Waals surface area contributed by atoms with Gasteiger partial charge in [0.2, 0.25) is 5.91 Å². The zero-order valence-electron chi connectivity index (χ0n) is 12.0. The fraction of sp³-hybridized carbons (Fsp3) is 0.467. The number of aliphatic carboxylic acids is 1. The number of rotatable bonds is 5. The van der Waals surface area contributed by atoms with Crippen LogP contribution in [0.5, 0.6) is 0 Å². The first-order chi connectivity index (χ1) is 10.2. The first-order valence-electron chi connectivity index (χ1n) is 7.17. The van der Waals surface area contributed by atoms with E-state index in [1.165, 1.54) is 4.90 Å². The van der Waals surface area contributed by atoms with Crippen LogP contribution in [0.2, 0.25) is 0 Å². The standard InChI is InChI=1S/C15H21N3O3/c19-14(11-17-9-4-7-16-8-10-17)18(12-15(20)21)13-5-2-1-3-6-13/h1-3,5-6,16H,4,7-12H2,(H,20,21). The minimum absolute atomic E-state index is 0.175. The van der Waals surface area contributed by atoms with Crippen molar-refractivity contribution in [1.82, 2.24) is 10.2 Å². The number of para-hydroxylation sites is 1. The van der Waals surface area contributed by atoms with Gasteiger partial charge in [-0.05, 0) is 31.6 Å². The molecule has 2 rings (SSSR count). The van der Waals surface area contributed by atoms with Gasteiger partial charge in [0.25, 0.3) is 0 Å². The second-order valence-electron chi connectivity index (χ2n) is 5.09. The second kappa shape index (κ2) is 7.75. The third-order valence-corrected chi connectivity index (χ3v) is 3.45. The lowest BCUT2D eigenvalue weighted by molar-refractivity contribution is -0.136. The van der Waals surface area contributed by atoms with Crippen molar-refractivity contribution in [3.8, 4) is 0 Å². The number of benzene rings is 1. The minimum atomic E-state index is -1.01. The van der Waals surface area contributed by atoms with Crippen LogP contribution < -0.4 is 10.2 Å². The SMILES string of the molecule is O=C(O)CN(C(=O)CN1CCCNCC1)c1ccccc1. The third kappa shape index (κ3) is 4.84. The normalized spacial score (nSPS) is 16.2. The summed E-state index contributed by atoms with van der Waals surface area (Å²) in [6, 6.07) is 8.95. The number of nitrogens with zero attached hydrogens (tertiary/aromatic N) is 2. The van der Waals surface area contributed by atoms with Gasteiger partial charge in [0.15, 0.2) is 0 Å². The summed E-state index contributed by atoms with van der Waals surface area (Å²) < 4.78 is 0. The van der Waals surface area contributed by atoms with Gasteiger partial charge < -0.3 is 15.3 Å². The Balaban J connectivity index is 2.05. The molecule has 1 aromatic rings. The monoisotopic (exact) mass is 291 g/mol. The number of carboxylic acid groups (broad SMARTS) is 1. The van der Waals surface area contributed by atoms with Gasteiger partial charge in [-0.3, -0.25) is 14.5 Å². The van der Waals surface area contributed by atoms with E-state index in [1.807, 2.05) is 6.07 Å². The van der Waals surface area contributed by atoms with E-state index >= 15 is 0 Å². The number of amides is 1. The van der Waals surface area contributed by atoms with E-state index in [0.29, 0.717) is 5.69 Å². The number of carbonyl (C=O) groups excluding carboxylic acids is 1. The van der Waals surface area contributed by atoms with E-state index in [2.05, 4.69) is 10.2 Å². The molecule has 1 aromatic carbocycles. The highest BCUT2D eigenvalue weighted by Gasteiger charge is 2.21. The molecule has 0 bridgehead atoms. The molecule has 0 atom stereocenters. The molecule has 1 aliphatic rings. The van der Waals surface area contributed by atoms with Gasteiger partial charge in [0.05, 0.1) is 6.54 Å². The van der Waals surface area contributed by atoms with Crippen molar-refractivity contribution in [3.63, 3.8) is 0 Å². The van der Waals surface area contributed by atoms with Crippen molar-refractivity contribution in [3.05, 3.63) is 30.3 Å². The Morgan fingerprint density at radius 3 is 2.67 bits per heavy atom. The topological polar surface area (TPSA) is 72.9 Å². The summed E-state index contributed by atoms with van der Waals surface area (Å²) in [6.45, 7) is 3.43. The fourth-order valence-electron chi connectivity index (χ4n) is 2.40. The molecule has 6 nitrogen and oxygen atoms in total. The molecule has 21 heavy (non-hydrogen) atoms. The molecule has 0 spiro atoms. The first kappa shape index (κ1) is 15.5. The van der Waals surface area contributed by atoms with Gasteiger partial charge in [-0.2, -0.15) is 0 Å². The number of hydrogen-bond donors (Lipinski definition) is 2. The van der Waals surface area contributed by atoms with Gasteiger partial charge >= 0.3 is 5.97 Å². The maximum atomic E-state index is 12.5. The summed E-state index contributed by atoms with van der Waals surface area (Å²) in [5.74, 6) is -1.18. The summed E-state index contributed by atoms with van der Waals surface area (Å²) in [6.07, 6.45) is 0.998. The first-order valence-corrected chi connectivity index (χ1v) is 7.17. The van der Waals surface area contributed by atoms with Gasteiger partial charge in [-0.15, -0.1) is 0 Å². The van der Waals surface area contributed by atoms with Crippen molar-refractivity contribution in [2.24, 2.45) is 0 Å². The molecule has 1 saturated heterocycles. The number of carboxylic acids is 1. The lowest BCUT2D eigenvalue weighted by Gasteiger charge is -2.25. The van der Waals surface area contributed by atoms with E-state index in [9.17, 15) is 9.59 Å². The lowest BCUT2D eigenvalue weighted by Crippen LogP contribution is -2.43. The maximum Gasteiger partial charge on any atom is 0.323 e. The fourth-order valence-corrected chi connectivity index (χ4v) is 2.40. The summed E-state index contributed by atoms with van der Waals surface area (Å²) >= 11 is 0. The Kier molecular flexibility index (Phi) is 5.71. The van der Waals surface area contributed by atoms with Crippen LogP contribution in [-0.4, -0.2) is 61.2 Å². The molecule has 0 radical (unpaired) electrons. The van der Waals surface area contributed by atoms with Crippen LogP contribution in [0.3, 0.4) is 0 Å². The maximum absolute atomic E-state index is 12.5. The molecule has 2 N–H and O–H groups in total. The predicted molar refractivity (Wildman–Crippen MR) is 80.4 cm³/mol. The van der Waals surface area contributed by atoms with Crippen LogP contribution in [0.1, 0.15) is 6.42 Å². The van der Waals surface area contributed by atoms with E-state index in [1.54, 1.807) is 24.3 Å². The van der Waals surface area contributed by atoms with E-state index < -0.39 is 5.97 Å². The Morgan fingerprint density at radius 1 is 1.19 bits per heavy atom. The van der Waals surface area contributed by atoms with Crippen LogP contribution in [0.15, 0.2) is 30.3 Å². The summed E-state index contributed by atoms with van der Waals surface area (Å²) in [5, 5.41) is 12.3. The van der Waals surface area contributed by atoms with Gasteiger partial charge in [-0.25, -0.2) is 0 Å². The molecule has 0 aliphatic carbocycles. The van der Waals surface area contributed by atoms with Gasteiger partial charge in [0, 0.05) is 18.8 Å². The number of hydrogen-bond acceptors (Lipinski definition) is 4. The third-order valence-electron chi connectivity index (χ3n) is 3.45. The molecule has 1 heterocycles. The Morgan fingerprint density at radius 2 is 1.95 bits per heavy atom. The number of carbonyl (C=O) groups is 2. The van der Waals surface area contributed by atoms with Crippen molar-refractivity contribution in [1.29, 1.82) is 0 Å². The molecular formula is C15H21N3O3. The average molecular weight is 291 g/mol. The zero-order valence-corrected chi connectivity index (χ0v) is 12.0. The highest BCUT2D eigenvalue weighted by molar-refractivity contribution is 5.98. The number of anilines is 1. The molecule has 114 valence electrons. The molecule has 6 heteroatoms. The van der Waals surface area contributed by atoms with Crippen LogP contribution in [-0.2, 0) is 9.59 Å². The Labute approximate surface area is 124 Å². The van der Waals surface area contributed by atoms with Crippen LogP contribution >= 0.6 is 0 Å². The van der Waals surface area contributed by atoms with Crippen LogP contribution in [0, 0.1) is 0 Å². The molecule has 0 unspecified atom stereocenters. The second-order valence-corrected chi connectivity index (χ2v) is 5.09. The minimum Gasteiger partial charge on any atom is -0.480 e. The van der Waals surface area contributed by atoms with Crippen LogP contribution in [0.4, 0.5) is 5.69 Å². The summed E-state index contributed by atoms with van der Waals surface area (Å²) in [7, 11) is 0. The van der Waals surface area contributed by atoms with E-state index in [-0.39, 0.29) is 19.0 Å². The van der Waals surface area contributed by atoms with Gasteiger partial charge in [-0.1, -0.05) is 18.2 Å². The molecule has 1 fully saturated rings. The Bertz CT molecular complexity index is 470. The summed E-state index contributed by atoms with van der Waals surface area (Å²) in [4.78, 5) is 26.9. The largest absolute Gasteiger partial charge is 0.480 e. The smallest absolute Gasteiger partial charge is 0.323 e. The number of nitrogens with one attached hydrogen (secondary N) is 1. The van der Waals surface area contributed by atoms with E-state index in [4.69, 9.17) is 5.11 Å². The predicted octanol–water partition coefficient (Wildman–Crippen LogP) is 0.400. The molecular weight excluding hydrogens is 270 g/mol. The van der Waals surface area contributed by atoms with Crippen molar-refractivity contribution < 1.29 is 14.7 Å².